The molecule has 0 aliphatic carbocycles. The number of nitrogens with one attached hydrogen (secondary N) is 1. The van der Waals surface area contributed by atoms with Gasteiger partial charge in [-0.1, -0.05) is 31.2 Å². The van der Waals surface area contributed by atoms with Gasteiger partial charge in [-0.25, -0.2) is 0 Å². The average molecular weight is 341 g/mol. The first-order chi connectivity index (χ1) is 12.0. The van der Waals surface area contributed by atoms with Crippen LogP contribution in [-0.4, -0.2) is 25.2 Å². The molecule has 1 N–H and O–H groups in total. The van der Waals surface area contributed by atoms with E-state index in [1.807, 2.05) is 42.5 Å². The minimum atomic E-state index is -0.547. The summed E-state index contributed by atoms with van der Waals surface area (Å²) in [4.78, 5) is 12.2. The molecule has 1 unspecified atom stereocenters. The number of carbonyl (C=O) groups is 1. The second kappa shape index (κ2) is 9.11. The highest BCUT2D eigenvalue weighted by Crippen LogP contribution is 2.19. The van der Waals surface area contributed by atoms with Crippen LogP contribution in [0, 0.1) is 13.8 Å². The largest absolute Gasteiger partial charge is 0.492 e. The van der Waals surface area contributed by atoms with Gasteiger partial charge in [0.15, 0.2) is 6.10 Å². The summed E-state index contributed by atoms with van der Waals surface area (Å²) in [7, 11) is 0. The maximum absolute atomic E-state index is 12.2. The summed E-state index contributed by atoms with van der Waals surface area (Å²) in [6.45, 7) is 8.80. The van der Waals surface area contributed by atoms with E-state index in [4.69, 9.17) is 9.47 Å². The summed E-state index contributed by atoms with van der Waals surface area (Å²) >= 11 is 0. The molecule has 2 aromatic carbocycles. The summed E-state index contributed by atoms with van der Waals surface area (Å²) < 4.78 is 11.5. The maximum Gasteiger partial charge on any atom is 0.260 e. The molecule has 0 saturated carbocycles. The molecule has 0 saturated heterocycles. The van der Waals surface area contributed by atoms with Gasteiger partial charge < -0.3 is 14.8 Å². The zero-order valence-corrected chi connectivity index (χ0v) is 15.5. The Morgan fingerprint density at radius 2 is 1.88 bits per heavy atom. The van der Waals surface area contributed by atoms with E-state index in [-0.39, 0.29) is 5.91 Å². The SMILES string of the molecule is CCc1ccccc1OC(C)C(=O)NCCOc1ccc(C)c(C)c1. The van der Waals surface area contributed by atoms with E-state index in [0.717, 1.165) is 23.5 Å². The van der Waals surface area contributed by atoms with Gasteiger partial charge in [0.05, 0.1) is 6.54 Å². The van der Waals surface area contributed by atoms with Crippen LogP contribution in [0.5, 0.6) is 11.5 Å². The minimum absolute atomic E-state index is 0.144. The Balaban J connectivity index is 1.76. The maximum atomic E-state index is 12.2. The standard InChI is InChI=1S/C21H27NO3/c1-5-18-8-6-7-9-20(18)25-17(4)21(23)22-12-13-24-19-11-10-15(2)16(3)14-19/h6-11,14,17H,5,12-13H2,1-4H3,(H,22,23). The van der Waals surface area contributed by atoms with Crippen LogP contribution < -0.4 is 14.8 Å². The summed E-state index contributed by atoms with van der Waals surface area (Å²) in [5.41, 5.74) is 3.53. The van der Waals surface area contributed by atoms with Crippen LogP contribution in [0.3, 0.4) is 0 Å². The van der Waals surface area contributed by atoms with Crippen LogP contribution in [0.4, 0.5) is 0 Å². The molecule has 25 heavy (non-hydrogen) atoms. The zero-order valence-electron chi connectivity index (χ0n) is 15.5. The van der Waals surface area contributed by atoms with E-state index in [2.05, 4.69) is 26.1 Å². The third-order valence-electron chi connectivity index (χ3n) is 4.17. The molecule has 0 heterocycles. The number of hydrogen-bond donors (Lipinski definition) is 1. The van der Waals surface area contributed by atoms with Crippen molar-refractivity contribution in [2.75, 3.05) is 13.2 Å². The fourth-order valence-electron chi connectivity index (χ4n) is 2.45. The van der Waals surface area contributed by atoms with Gasteiger partial charge in [0, 0.05) is 0 Å². The number of rotatable bonds is 8. The van der Waals surface area contributed by atoms with Crippen molar-refractivity contribution < 1.29 is 14.3 Å². The molecule has 1 atom stereocenters. The van der Waals surface area contributed by atoms with Crippen LogP contribution in [0.15, 0.2) is 42.5 Å². The van der Waals surface area contributed by atoms with Gasteiger partial charge in [0.25, 0.3) is 5.91 Å². The monoisotopic (exact) mass is 341 g/mol. The van der Waals surface area contributed by atoms with E-state index in [1.54, 1.807) is 6.92 Å². The van der Waals surface area contributed by atoms with Crippen LogP contribution in [0.2, 0.25) is 0 Å². The molecule has 2 aromatic rings. The number of benzene rings is 2. The smallest absolute Gasteiger partial charge is 0.260 e. The molecule has 134 valence electrons. The van der Waals surface area contributed by atoms with Crippen molar-refractivity contribution in [3.05, 3.63) is 59.2 Å². The lowest BCUT2D eigenvalue weighted by molar-refractivity contribution is -0.127. The van der Waals surface area contributed by atoms with Gasteiger partial charge in [-0.15, -0.1) is 0 Å². The van der Waals surface area contributed by atoms with Crippen molar-refractivity contribution in [3.63, 3.8) is 0 Å². The van der Waals surface area contributed by atoms with E-state index in [1.165, 1.54) is 11.1 Å². The Morgan fingerprint density at radius 3 is 2.60 bits per heavy atom. The fourth-order valence-corrected chi connectivity index (χ4v) is 2.45. The van der Waals surface area contributed by atoms with Gasteiger partial charge in [-0.3, -0.25) is 4.79 Å². The quantitative estimate of drug-likeness (QED) is 0.742. The normalized spacial score (nSPS) is 11.7. The molecule has 0 aromatic heterocycles. The van der Waals surface area contributed by atoms with E-state index in [9.17, 15) is 4.79 Å². The Hall–Kier alpha value is -2.49. The first kappa shape index (κ1) is 18.8. The van der Waals surface area contributed by atoms with Gasteiger partial charge in [0.1, 0.15) is 18.1 Å². The van der Waals surface area contributed by atoms with Crippen molar-refractivity contribution >= 4 is 5.91 Å². The highest BCUT2D eigenvalue weighted by molar-refractivity contribution is 5.80. The van der Waals surface area contributed by atoms with Gasteiger partial charge >= 0.3 is 0 Å². The zero-order chi connectivity index (χ0) is 18.2. The van der Waals surface area contributed by atoms with Crippen molar-refractivity contribution in [1.82, 2.24) is 5.32 Å². The highest BCUT2D eigenvalue weighted by atomic mass is 16.5. The van der Waals surface area contributed by atoms with E-state index < -0.39 is 6.10 Å². The lowest BCUT2D eigenvalue weighted by Gasteiger charge is -2.17. The Bertz CT molecular complexity index is 712. The lowest BCUT2D eigenvalue weighted by Crippen LogP contribution is -2.38. The first-order valence-electron chi connectivity index (χ1n) is 8.73. The van der Waals surface area contributed by atoms with E-state index in [0.29, 0.717) is 13.2 Å². The first-order valence-corrected chi connectivity index (χ1v) is 8.73. The van der Waals surface area contributed by atoms with E-state index >= 15 is 0 Å². The Kier molecular flexibility index (Phi) is 6.87. The number of ether oxygens (including phenoxy) is 2. The van der Waals surface area contributed by atoms with Crippen LogP contribution in [0.25, 0.3) is 0 Å². The van der Waals surface area contributed by atoms with Crippen molar-refractivity contribution in [2.45, 2.75) is 40.2 Å². The molecule has 0 spiro atoms. The number of amides is 1. The van der Waals surface area contributed by atoms with Crippen molar-refractivity contribution in [1.29, 1.82) is 0 Å². The molecule has 4 heteroatoms. The summed E-state index contributed by atoms with van der Waals surface area (Å²) in [6, 6.07) is 13.8. The highest BCUT2D eigenvalue weighted by Gasteiger charge is 2.15. The van der Waals surface area contributed by atoms with Crippen LogP contribution in [0.1, 0.15) is 30.5 Å². The minimum Gasteiger partial charge on any atom is -0.492 e. The third kappa shape index (κ3) is 5.52. The Morgan fingerprint density at radius 1 is 1.12 bits per heavy atom. The molecule has 0 fully saturated rings. The molecule has 2 rings (SSSR count). The number of aryl methyl sites for hydroxylation is 3. The number of carbonyl (C=O) groups excluding carboxylic acids is 1. The number of para-hydroxylation sites is 1. The molecule has 0 aliphatic rings. The second-order valence-electron chi connectivity index (χ2n) is 6.11. The average Bonchev–Trinajstić information content (AvgIpc) is 2.61. The predicted octanol–water partition coefficient (Wildman–Crippen LogP) is 3.83. The van der Waals surface area contributed by atoms with Crippen LogP contribution in [-0.2, 0) is 11.2 Å². The lowest BCUT2D eigenvalue weighted by atomic mass is 10.1. The van der Waals surface area contributed by atoms with Gasteiger partial charge in [-0.05, 0) is 62.1 Å². The molecule has 0 bridgehead atoms. The fraction of sp³-hybridized carbons (Fsp3) is 0.381. The Labute approximate surface area is 150 Å². The van der Waals surface area contributed by atoms with Crippen molar-refractivity contribution in [3.8, 4) is 11.5 Å². The van der Waals surface area contributed by atoms with Gasteiger partial charge in [0.2, 0.25) is 0 Å². The molecular formula is C21H27NO3. The number of hydrogen-bond acceptors (Lipinski definition) is 3. The molecule has 4 nitrogen and oxygen atoms in total. The molecular weight excluding hydrogens is 314 g/mol. The second-order valence-corrected chi connectivity index (χ2v) is 6.11. The summed E-state index contributed by atoms with van der Waals surface area (Å²) in [5, 5.41) is 2.85. The van der Waals surface area contributed by atoms with Crippen molar-refractivity contribution in [2.24, 2.45) is 0 Å². The molecule has 0 aliphatic heterocycles. The summed E-state index contributed by atoms with van der Waals surface area (Å²) in [5.74, 6) is 1.44. The molecule has 0 radical (unpaired) electrons. The predicted molar refractivity (Wildman–Crippen MR) is 100 cm³/mol. The van der Waals surface area contributed by atoms with Gasteiger partial charge in [-0.2, -0.15) is 0 Å². The summed E-state index contributed by atoms with van der Waals surface area (Å²) in [6.07, 6.45) is 0.322. The third-order valence-corrected chi connectivity index (χ3v) is 4.17. The molecule has 1 amide bonds. The topological polar surface area (TPSA) is 47.6 Å². The van der Waals surface area contributed by atoms with Crippen LogP contribution >= 0.6 is 0 Å².